The van der Waals surface area contributed by atoms with Crippen molar-refractivity contribution >= 4 is 16.8 Å². The molecule has 1 aliphatic heterocycles. The highest BCUT2D eigenvalue weighted by Gasteiger charge is 2.28. The summed E-state index contributed by atoms with van der Waals surface area (Å²) >= 11 is 0. The van der Waals surface area contributed by atoms with Crippen LogP contribution in [-0.2, 0) is 4.79 Å². The highest BCUT2D eigenvalue weighted by molar-refractivity contribution is 5.87. The molecule has 1 fully saturated rings. The normalized spacial score (nSPS) is 16.0. The first-order chi connectivity index (χ1) is 14.6. The Bertz CT molecular complexity index is 1020. The number of hydrogen-bond donors (Lipinski definition) is 1. The van der Waals surface area contributed by atoms with E-state index in [-0.39, 0.29) is 24.1 Å². The van der Waals surface area contributed by atoms with E-state index >= 15 is 0 Å². The zero-order chi connectivity index (χ0) is 21.1. The van der Waals surface area contributed by atoms with Crippen molar-refractivity contribution in [2.24, 2.45) is 0 Å². The lowest BCUT2D eigenvalue weighted by Crippen LogP contribution is -2.48. The molecule has 1 amide bonds. The van der Waals surface area contributed by atoms with Gasteiger partial charge in [-0.3, -0.25) is 4.79 Å². The van der Waals surface area contributed by atoms with Gasteiger partial charge in [0.2, 0.25) is 5.91 Å². The molecule has 2 heterocycles. The first kappa shape index (κ1) is 20.4. The minimum absolute atomic E-state index is 0.0660. The number of halogens is 1. The van der Waals surface area contributed by atoms with E-state index in [1.165, 1.54) is 6.07 Å². The maximum Gasteiger partial charge on any atom is 0.223 e. The Morgan fingerprint density at radius 3 is 2.60 bits per heavy atom. The molecule has 1 aliphatic rings. The Labute approximate surface area is 176 Å². The molecule has 1 aromatic heterocycles. The third kappa shape index (κ3) is 4.05. The second kappa shape index (κ2) is 8.88. The fourth-order valence-corrected chi connectivity index (χ4v) is 4.30. The first-order valence-corrected chi connectivity index (χ1v) is 10.5. The number of likely N-dealkylation sites (N-methyl/N-ethyl adjacent to an activating group) is 1. The Balaban J connectivity index is 1.68. The fraction of sp³-hybridized carbons (Fsp3) is 0.375. The van der Waals surface area contributed by atoms with Crippen LogP contribution in [0.5, 0.6) is 5.75 Å². The molecular formula is C24H28FN3O2. The van der Waals surface area contributed by atoms with Gasteiger partial charge in [0.05, 0.1) is 7.11 Å². The predicted molar refractivity (Wildman–Crippen MR) is 116 cm³/mol. The summed E-state index contributed by atoms with van der Waals surface area (Å²) in [5.41, 5.74) is 2.40. The van der Waals surface area contributed by atoms with Crippen LogP contribution in [0.3, 0.4) is 0 Å². The Morgan fingerprint density at radius 2 is 1.90 bits per heavy atom. The van der Waals surface area contributed by atoms with Crippen molar-refractivity contribution in [3.05, 3.63) is 65.6 Å². The minimum atomic E-state index is -0.372. The van der Waals surface area contributed by atoms with E-state index in [1.54, 1.807) is 19.2 Å². The van der Waals surface area contributed by atoms with E-state index < -0.39 is 0 Å². The summed E-state index contributed by atoms with van der Waals surface area (Å²) in [5.74, 6) is 0.140. The SMILES string of the molecule is CCN1CCN(C(=O)C[C@@H](c2ccccc2F)c2c[nH]c3ccc(OC)cc23)CC1. The van der Waals surface area contributed by atoms with Gasteiger partial charge in [-0.15, -0.1) is 0 Å². The van der Waals surface area contributed by atoms with E-state index in [4.69, 9.17) is 4.74 Å². The van der Waals surface area contributed by atoms with Crippen LogP contribution in [0.25, 0.3) is 10.9 Å². The van der Waals surface area contributed by atoms with Crippen LogP contribution in [-0.4, -0.2) is 60.5 Å². The van der Waals surface area contributed by atoms with Crippen LogP contribution in [0.2, 0.25) is 0 Å². The van der Waals surface area contributed by atoms with Gasteiger partial charge >= 0.3 is 0 Å². The van der Waals surface area contributed by atoms with Gasteiger partial charge in [-0.2, -0.15) is 0 Å². The van der Waals surface area contributed by atoms with Crippen LogP contribution >= 0.6 is 0 Å². The van der Waals surface area contributed by atoms with Crippen LogP contribution in [0, 0.1) is 5.82 Å². The number of nitrogens with one attached hydrogen (secondary N) is 1. The lowest BCUT2D eigenvalue weighted by atomic mass is 9.87. The number of benzene rings is 2. The summed E-state index contributed by atoms with van der Waals surface area (Å²) in [6.45, 7) is 6.35. The number of methoxy groups -OCH3 is 1. The molecule has 1 N–H and O–H groups in total. The van der Waals surface area contributed by atoms with Crippen molar-refractivity contribution in [1.82, 2.24) is 14.8 Å². The van der Waals surface area contributed by atoms with Crippen molar-refractivity contribution in [2.75, 3.05) is 39.8 Å². The zero-order valence-electron chi connectivity index (χ0n) is 17.5. The number of aromatic nitrogens is 1. The van der Waals surface area contributed by atoms with Crippen LogP contribution in [0.4, 0.5) is 4.39 Å². The van der Waals surface area contributed by atoms with Crippen LogP contribution in [0.1, 0.15) is 30.4 Å². The quantitative estimate of drug-likeness (QED) is 0.669. The molecule has 1 saturated heterocycles. The van der Waals surface area contributed by atoms with Gasteiger partial charge in [0.15, 0.2) is 0 Å². The topological polar surface area (TPSA) is 48.6 Å². The van der Waals surface area contributed by atoms with Crippen LogP contribution < -0.4 is 4.74 Å². The predicted octanol–water partition coefficient (Wildman–Crippen LogP) is 4.00. The van der Waals surface area contributed by atoms with Crippen molar-refractivity contribution in [1.29, 1.82) is 0 Å². The highest BCUT2D eigenvalue weighted by Crippen LogP contribution is 2.36. The number of nitrogens with zero attached hydrogens (tertiary/aromatic N) is 2. The second-order valence-electron chi connectivity index (χ2n) is 7.75. The molecule has 4 rings (SSSR count). The number of ether oxygens (including phenoxy) is 1. The van der Waals surface area contributed by atoms with Gasteiger partial charge < -0.3 is 19.5 Å². The molecule has 0 spiro atoms. The third-order valence-corrected chi connectivity index (χ3v) is 6.13. The number of amides is 1. The monoisotopic (exact) mass is 409 g/mol. The number of carbonyl (C=O) groups is 1. The van der Waals surface area contributed by atoms with Gasteiger partial charge in [-0.1, -0.05) is 25.1 Å². The standard InChI is InChI=1S/C24H28FN3O2/c1-3-27-10-12-28(13-11-27)24(29)15-19(18-6-4-5-7-22(18)25)21-16-26-23-9-8-17(30-2)14-20(21)23/h4-9,14,16,19,26H,3,10-13,15H2,1-2H3/t19-/m0/s1. The minimum Gasteiger partial charge on any atom is -0.497 e. The average molecular weight is 410 g/mol. The molecule has 0 unspecified atom stereocenters. The molecule has 0 radical (unpaired) electrons. The lowest BCUT2D eigenvalue weighted by molar-refractivity contribution is -0.133. The highest BCUT2D eigenvalue weighted by atomic mass is 19.1. The number of fused-ring (bicyclic) bond motifs is 1. The van der Waals surface area contributed by atoms with E-state index in [2.05, 4.69) is 16.8 Å². The molecule has 3 aromatic rings. The average Bonchev–Trinajstić information content (AvgIpc) is 3.21. The summed E-state index contributed by atoms with van der Waals surface area (Å²) in [6.07, 6.45) is 2.13. The van der Waals surface area contributed by atoms with Gasteiger partial charge in [-0.05, 0) is 41.9 Å². The van der Waals surface area contributed by atoms with Gasteiger partial charge in [-0.25, -0.2) is 4.39 Å². The maximum absolute atomic E-state index is 14.8. The maximum atomic E-state index is 14.8. The fourth-order valence-electron chi connectivity index (χ4n) is 4.30. The third-order valence-electron chi connectivity index (χ3n) is 6.13. The summed E-state index contributed by atoms with van der Waals surface area (Å²) < 4.78 is 20.2. The number of carbonyl (C=O) groups excluding carboxylic acids is 1. The van der Waals surface area contributed by atoms with Crippen molar-refractivity contribution in [2.45, 2.75) is 19.3 Å². The molecular weight excluding hydrogens is 381 g/mol. The molecule has 0 saturated carbocycles. The summed E-state index contributed by atoms with van der Waals surface area (Å²) in [5, 5.41) is 0.950. The zero-order valence-corrected chi connectivity index (χ0v) is 17.5. The largest absolute Gasteiger partial charge is 0.497 e. The Morgan fingerprint density at radius 1 is 1.13 bits per heavy atom. The summed E-state index contributed by atoms with van der Waals surface area (Å²) in [4.78, 5) is 20.7. The molecule has 0 aliphatic carbocycles. The first-order valence-electron chi connectivity index (χ1n) is 10.5. The Hall–Kier alpha value is -2.86. The lowest BCUT2D eigenvalue weighted by Gasteiger charge is -2.35. The number of H-pyrrole nitrogens is 1. The molecule has 5 nitrogen and oxygen atoms in total. The van der Waals surface area contributed by atoms with Gasteiger partial charge in [0.25, 0.3) is 0 Å². The van der Waals surface area contributed by atoms with E-state index in [0.717, 1.165) is 54.9 Å². The molecule has 6 heteroatoms. The van der Waals surface area contributed by atoms with Crippen molar-refractivity contribution in [3.63, 3.8) is 0 Å². The van der Waals surface area contributed by atoms with Crippen molar-refractivity contribution in [3.8, 4) is 5.75 Å². The molecule has 1 atom stereocenters. The molecule has 158 valence electrons. The Kier molecular flexibility index (Phi) is 6.04. The van der Waals surface area contributed by atoms with Gasteiger partial charge in [0.1, 0.15) is 11.6 Å². The molecule has 2 aromatic carbocycles. The summed E-state index contributed by atoms with van der Waals surface area (Å²) in [6, 6.07) is 12.5. The number of hydrogen-bond acceptors (Lipinski definition) is 3. The second-order valence-corrected chi connectivity index (χ2v) is 7.75. The number of piperazine rings is 1. The molecule has 0 bridgehead atoms. The van der Waals surface area contributed by atoms with Gasteiger partial charge in [0, 0.05) is 55.6 Å². The van der Waals surface area contributed by atoms with E-state index in [9.17, 15) is 9.18 Å². The van der Waals surface area contributed by atoms with Crippen molar-refractivity contribution < 1.29 is 13.9 Å². The van der Waals surface area contributed by atoms with Crippen LogP contribution in [0.15, 0.2) is 48.7 Å². The summed E-state index contributed by atoms with van der Waals surface area (Å²) in [7, 11) is 1.63. The smallest absolute Gasteiger partial charge is 0.223 e. The van der Waals surface area contributed by atoms with E-state index in [0.29, 0.717) is 5.56 Å². The number of aromatic amines is 1. The van der Waals surface area contributed by atoms with E-state index in [1.807, 2.05) is 35.4 Å². The number of rotatable bonds is 6. The molecule has 30 heavy (non-hydrogen) atoms.